The first-order chi connectivity index (χ1) is 5.65. The molecule has 64 valence electrons. The molecule has 1 heterocycles. The van der Waals surface area contributed by atoms with Crippen LogP contribution in [0.25, 0.3) is 0 Å². The summed E-state index contributed by atoms with van der Waals surface area (Å²) in [7, 11) is 1.43. The molecule has 2 N–H and O–H groups in total. The van der Waals surface area contributed by atoms with E-state index >= 15 is 0 Å². The topological polar surface area (TPSA) is 65.2 Å². The minimum Gasteiger partial charge on any atom is -0.494 e. The van der Waals surface area contributed by atoms with Gasteiger partial charge in [0.05, 0.1) is 7.11 Å². The number of hydrogen-bond donors (Lipinski definition) is 1. The molecule has 0 spiro atoms. The van der Waals surface area contributed by atoms with Gasteiger partial charge in [-0.2, -0.15) is 0 Å². The van der Waals surface area contributed by atoms with E-state index in [4.69, 9.17) is 22.1 Å². The van der Waals surface area contributed by atoms with Crippen LogP contribution in [0.15, 0.2) is 12.1 Å². The third kappa shape index (κ3) is 1.65. The third-order valence-corrected chi connectivity index (χ3v) is 1.49. The van der Waals surface area contributed by atoms with Gasteiger partial charge in [-0.3, -0.25) is 4.79 Å². The first-order valence-corrected chi connectivity index (χ1v) is 3.53. The standard InChI is InChI=1S/C7H7ClN2O2/c1-12-4-2-3-5(8)10-6(4)7(9)11/h2-3H,1H3,(H2,9,11). The van der Waals surface area contributed by atoms with Gasteiger partial charge < -0.3 is 10.5 Å². The maximum absolute atomic E-state index is 10.8. The number of pyridine rings is 1. The number of nitrogens with zero attached hydrogens (tertiary/aromatic N) is 1. The Morgan fingerprint density at radius 3 is 2.83 bits per heavy atom. The smallest absolute Gasteiger partial charge is 0.271 e. The van der Waals surface area contributed by atoms with Crippen molar-refractivity contribution in [2.45, 2.75) is 0 Å². The number of rotatable bonds is 2. The first-order valence-electron chi connectivity index (χ1n) is 3.15. The van der Waals surface area contributed by atoms with Gasteiger partial charge in [-0.15, -0.1) is 0 Å². The maximum atomic E-state index is 10.8. The minimum atomic E-state index is -0.658. The lowest BCUT2D eigenvalue weighted by Crippen LogP contribution is -2.14. The van der Waals surface area contributed by atoms with E-state index in [1.54, 1.807) is 0 Å². The van der Waals surface area contributed by atoms with Crippen LogP contribution in [0.5, 0.6) is 5.75 Å². The molecule has 0 aliphatic heterocycles. The van der Waals surface area contributed by atoms with Crippen LogP contribution in [0.4, 0.5) is 0 Å². The number of hydrogen-bond acceptors (Lipinski definition) is 3. The summed E-state index contributed by atoms with van der Waals surface area (Å²) >= 11 is 5.54. The minimum absolute atomic E-state index is 0.0463. The predicted molar refractivity (Wildman–Crippen MR) is 44.3 cm³/mol. The van der Waals surface area contributed by atoms with Crippen LogP contribution in [-0.2, 0) is 0 Å². The molecule has 0 radical (unpaired) electrons. The zero-order valence-electron chi connectivity index (χ0n) is 6.37. The highest BCUT2D eigenvalue weighted by molar-refractivity contribution is 6.29. The number of amides is 1. The van der Waals surface area contributed by atoms with Crippen molar-refractivity contribution in [1.82, 2.24) is 4.98 Å². The molecule has 0 aliphatic rings. The zero-order valence-corrected chi connectivity index (χ0v) is 7.13. The third-order valence-electron chi connectivity index (χ3n) is 1.28. The molecule has 0 saturated heterocycles. The normalized spacial score (nSPS) is 9.50. The van der Waals surface area contributed by atoms with Gasteiger partial charge in [0.25, 0.3) is 5.91 Å². The van der Waals surface area contributed by atoms with E-state index in [1.165, 1.54) is 19.2 Å². The second-order valence-electron chi connectivity index (χ2n) is 2.05. The van der Waals surface area contributed by atoms with Crippen LogP contribution in [0.2, 0.25) is 5.15 Å². The van der Waals surface area contributed by atoms with E-state index in [2.05, 4.69) is 4.98 Å². The molecule has 5 heteroatoms. The van der Waals surface area contributed by atoms with Crippen molar-refractivity contribution < 1.29 is 9.53 Å². The number of carbonyl (C=O) groups is 1. The van der Waals surface area contributed by atoms with Crippen LogP contribution in [-0.4, -0.2) is 18.0 Å². The van der Waals surface area contributed by atoms with Crippen molar-refractivity contribution in [3.8, 4) is 5.75 Å². The molecule has 12 heavy (non-hydrogen) atoms. The fraction of sp³-hybridized carbons (Fsp3) is 0.143. The molecule has 0 atom stereocenters. The number of methoxy groups -OCH3 is 1. The molecular weight excluding hydrogens is 180 g/mol. The van der Waals surface area contributed by atoms with Gasteiger partial charge in [0.1, 0.15) is 10.9 Å². The SMILES string of the molecule is COc1ccc(Cl)nc1C(N)=O. The Kier molecular flexibility index (Phi) is 2.50. The molecule has 1 aromatic rings. The number of nitrogens with two attached hydrogens (primary N) is 1. The second kappa shape index (κ2) is 3.40. The lowest BCUT2D eigenvalue weighted by Gasteiger charge is -2.03. The molecule has 0 aliphatic carbocycles. The van der Waals surface area contributed by atoms with Gasteiger partial charge in [0.15, 0.2) is 5.69 Å². The molecular formula is C7H7ClN2O2. The van der Waals surface area contributed by atoms with Crippen LogP contribution in [0.1, 0.15) is 10.5 Å². The van der Waals surface area contributed by atoms with Crippen molar-refractivity contribution in [3.05, 3.63) is 23.0 Å². The Bertz CT molecular complexity index is 314. The van der Waals surface area contributed by atoms with Crippen molar-refractivity contribution in [3.63, 3.8) is 0 Å². The van der Waals surface area contributed by atoms with Gasteiger partial charge in [0, 0.05) is 0 Å². The van der Waals surface area contributed by atoms with Gasteiger partial charge >= 0.3 is 0 Å². The van der Waals surface area contributed by atoms with Gasteiger partial charge in [-0.05, 0) is 12.1 Å². The van der Waals surface area contributed by atoms with Crippen molar-refractivity contribution >= 4 is 17.5 Å². The molecule has 1 aromatic heterocycles. The predicted octanol–water partition coefficient (Wildman–Crippen LogP) is 0.843. The molecule has 0 bridgehead atoms. The number of carbonyl (C=O) groups excluding carboxylic acids is 1. The van der Waals surface area contributed by atoms with Crippen LogP contribution < -0.4 is 10.5 Å². The summed E-state index contributed by atoms with van der Waals surface area (Å²) in [5, 5.41) is 0.213. The summed E-state index contributed by atoms with van der Waals surface area (Å²) in [6, 6.07) is 3.06. The Balaban J connectivity index is 3.21. The summed E-state index contributed by atoms with van der Waals surface area (Å²) in [5.74, 6) is -0.332. The number of aromatic nitrogens is 1. The van der Waals surface area contributed by atoms with Crippen molar-refractivity contribution in [2.75, 3.05) is 7.11 Å². The quantitative estimate of drug-likeness (QED) is 0.697. The summed E-state index contributed by atoms with van der Waals surface area (Å²) in [4.78, 5) is 14.5. The Labute approximate surface area is 74.3 Å². The highest BCUT2D eigenvalue weighted by Gasteiger charge is 2.10. The summed E-state index contributed by atoms with van der Waals surface area (Å²) in [5.41, 5.74) is 5.07. The van der Waals surface area contributed by atoms with Gasteiger partial charge in [-0.1, -0.05) is 11.6 Å². The average Bonchev–Trinajstić information content (AvgIpc) is 2.04. The molecule has 0 saturated carbocycles. The zero-order chi connectivity index (χ0) is 9.14. The fourth-order valence-electron chi connectivity index (χ4n) is 0.764. The van der Waals surface area contributed by atoms with Crippen LogP contribution in [0, 0.1) is 0 Å². The molecule has 1 rings (SSSR count). The molecule has 1 amide bonds. The number of primary amides is 1. The van der Waals surface area contributed by atoms with Gasteiger partial charge in [0.2, 0.25) is 0 Å². The largest absolute Gasteiger partial charge is 0.494 e. The molecule has 4 nitrogen and oxygen atoms in total. The Hall–Kier alpha value is -1.29. The maximum Gasteiger partial charge on any atom is 0.271 e. The fourth-order valence-corrected chi connectivity index (χ4v) is 0.911. The molecule has 0 unspecified atom stereocenters. The monoisotopic (exact) mass is 186 g/mol. The van der Waals surface area contributed by atoms with Crippen LogP contribution in [0.3, 0.4) is 0 Å². The van der Waals surface area contributed by atoms with E-state index < -0.39 is 5.91 Å². The average molecular weight is 187 g/mol. The van der Waals surface area contributed by atoms with E-state index in [1.807, 2.05) is 0 Å². The van der Waals surface area contributed by atoms with E-state index in [-0.39, 0.29) is 10.8 Å². The Morgan fingerprint density at radius 2 is 2.33 bits per heavy atom. The summed E-state index contributed by atoms with van der Waals surface area (Å²) < 4.78 is 4.84. The lowest BCUT2D eigenvalue weighted by molar-refractivity contribution is 0.0992. The van der Waals surface area contributed by atoms with E-state index in [9.17, 15) is 4.79 Å². The number of ether oxygens (including phenoxy) is 1. The summed E-state index contributed by atoms with van der Waals surface area (Å²) in [6.07, 6.45) is 0. The lowest BCUT2D eigenvalue weighted by atomic mass is 10.3. The van der Waals surface area contributed by atoms with Crippen molar-refractivity contribution in [1.29, 1.82) is 0 Å². The second-order valence-corrected chi connectivity index (χ2v) is 2.44. The van der Waals surface area contributed by atoms with E-state index in [0.717, 1.165) is 0 Å². The van der Waals surface area contributed by atoms with Gasteiger partial charge in [-0.25, -0.2) is 4.98 Å². The first kappa shape index (κ1) is 8.80. The Morgan fingerprint density at radius 1 is 1.67 bits per heavy atom. The van der Waals surface area contributed by atoms with E-state index in [0.29, 0.717) is 5.75 Å². The summed E-state index contributed by atoms with van der Waals surface area (Å²) in [6.45, 7) is 0. The number of halogens is 1. The highest BCUT2D eigenvalue weighted by Crippen LogP contribution is 2.17. The van der Waals surface area contributed by atoms with Crippen LogP contribution >= 0.6 is 11.6 Å². The van der Waals surface area contributed by atoms with Crippen molar-refractivity contribution in [2.24, 2.45) is 5.73 Å². The highest BCUT2D eigenvalue weighted by atomic mass is 35.5. The molecule has 0 aromatic carbocycles. The molecule has 0 fully saturated rings.